The summed E-state index contributed by atoms with van der Waals surface area (Å²) in [6.45, 7) is 2.07. The van der Waals surface area contributed by atoms with Gasteiger partial charge >= 0.3 is 0 Å². The highest BCUT2D eigenvalue weighted by Gasteiger charge is 2.10. The van der Waals surface area contributed by atoms with Crippen LogP contribution in [-0.2, 0) is 0 Å². The lowest BCUT2D eigenvalue weighted by Gasteiger charge is -2.07. The normalized spacial score (nSPS) is 10.4. The molecule has 1 aromatic heterocycles. The van der Waals surface area contributed by atoms with E-state index in [2.05, 4.69) is 48.3 Å². The summed E-state index contributed by atoms with van der Waals surface area (Å²) in [5, 5.41) is 11.8. The van der Waals surface area contributed by atoms with Crippen LogP contribution in [-0.4, -0.2) is 4.98 Å². The van der Waals surface area contributed by atoms with Crippen molar-refractivity contribution in [1.29, 1.82) is 5.26 Å². The molecule has 20 heavy (non-hydrogen) atoms. The van der Waals surface area contributed by atoms with Crippen molar-refractivity contribution < 1.29 is 0 Å². The van der Waals surface area contributed by atoms with E-state index in [4.69, 9.17) is 11.6 Å². The van der Waals surface area contributed by atoms with E-state index in [1.54, 1.807) is 6.20 Å². The van der Waals surface area contributed by atoms with E-state index in [0.717, 1.165) is 16.5 Å². The summed E-state index contributed by atoms with van der Waals surface area (Å²) in [4.78, 5) is 3.95. The molecule has 3 rings (SSSR count). The molecule has 0 aliphatic carbocycles. The van der Waals surface area contributed by atoms with Crippen LogP contribution >= 0.6 is 11.6 Å². The van der Waals surface area contributed by atoms with E-state index in [-0.39, 0.29) is 5.15 Å². The Morgan fingerprint density at radius 1 is 1.05 bits per heavy atom. The van der Waals surface area contributed by atoms with Gasteiger partial charge in [-0.2, -0.15) is 5.26 Å². The maximum atomic E-state index is 9.24. The van der Waals surface area contributed by atoms with Gasteiger partial charge in [0, 0.05) is 11.8 Å². The smallest absolute Gasteiger partial charge is 0.147 e. The lowest BCUT2D eigenvalue weighted by Crippen LogP contribution is -1.88. The Morgan fingerprint density at radius 3 is 2.60 bits per heavy atom. The summed E-state index contributed by atoms with van der Waals surface area (Å²) in [5.41, 5.74) is 3.44. The molecule has 0 N–H and O–H groups in total. The third kappa shape index (κ3) is 2.13. The quantitative estimate of drug-likeness (QED) is 0.603. The zero-order valence-corrected chi connectivity index (χ0v) is 11.6. The van der Waals surface area contributed by atoms with Gasteiger partial charge in [-0.05, 0) is 35.4 Å². The van der Waals surface area contributed by atoms with Crippen LogP contribution in [0.2, 0.25) is 5.15 Å². The Bertz CT molecular complexity index is 847. The maximum absolute atomic E-state index is 9.24. The summed E-state index contributed by atoms with van der Waals surface area (Å²) in [5.74, 6) is 0. The highest BCUT2D eigenvalue weighted by molar-refractivity contribution is 6.31. The highest BCUT2D eigenvalue weighted by Crippen LogP contribution is 2.29. The van der Waals surface area contributed by atoms with Gasteiger partial charge in [0.15, 0.2) is 0 Å². The maximum Gasteiger partial charge on any atom is 0.147 e. The van der Waals surface area contributed by atoms with Crippen molar-refractivity contribution in [3.8, 4) is 17.2 Å². The minimum Gasteiger partial charge on any atom is -0.243 e. The fraction of sp³-hybridized carbons (Fsp3) is 0.0588. The molecule has 3 heteroatoms. The van der Waals surface area contributed by atoms with Crippen molar-refractivity contribution in [3.05, 3.63) is 64.9 Å². The number of nitrogens with zero attached hydrogens (tertiary/aromatic N) is 2. The number of benzene rings is 2. The molecule has 1 heterocycles. The van der Waals surface area contributed by atoms with Crippen molar-refractivity contribution in [2.75, 3.05) is 0 Å². The topological polar surface area (TPSA) is 36.7 Å². The van der Waals surface area contributed by atoms with Gasteiger partial charge in [-0.25, -0.2) is 4.98 Å². The second-order valence-corrected chi connectivity index (χ2v) is 5.06. The summed E-state index contributed by atoms with van der Waals surface area (Å²) in [6.07, 6.45) is 1.62. The Hall–Kier alpha value is -2.37. The van der Waals surface area contributed by atoms with Crippen molar-refractivity contribution in [3.63, 3.8) is 0 Å². The molecule has 2 nitrogen and oxygen atoms in total. The van der Waals surface area contributed by atoms with E-state index in [0.29, 0.717) is 5.56 Å². The van der Waals surface area contributed by atoms with Crippen LogP contribution < -0.4 is 0 Å². The zero-order valence-electron chi connectivity index (χ0n) is 10.9. The average molecular weight is 279 g/mol. The standard InChI is InChI=1S/C17H11ClN2/c1-11-2-3-13-9-14(5-4-12(13)8-11)15-6-7-20-17(18)16(15)10-19/h2-9H,1H3. The lowest BCUT2D eigenvalue weighted by molar-refractivity contribution is 1.30. The van der Waals surface area contributed by atoms with Gasteiger partial charge in [0.25, 0.3) is 0 Å². The number of fused-ring (bicyclic) bond motifs is 1. The van der Waals surface area contributed by atoms with Crippen molar-refractivity contribution in [1.82, 2.24) is 4.98 Å². The molecule has 0 spiro atoms. The lowest BCUT2D eigenvalue weighted by atomic mass is 9.98. The van der Waals surface area contributed by atoms with Gasteiger partial charge in [-0.1, -0.05) is 47.5 Å². The van der Waals surface area contributed by atoms with Crippen LogP contribution in [0.15, 0.2) is 48.7 Å². The molecule has 0 saturated carbocycles. The summed E-state index contributed by atoms with van der Waals surface area (Å²) >= 11 is 5.98. The molecule has 2 aromatic carbocycles. The average Bonchev–Trinajstić information content (AvgIpc) is 2.46. The third-order valence-electron chi connectivity index (χ3n) is 3.32. The van der Waals surface area contributed by atoms with Gasteiger partial charge in [0.1, 0.15) is 11.2 Å². The van der Waals surface area contributed by atoms with Gasteiger partial charge < -0.3 is 0 Å². The molecule has 0 saturated heterocycles. The fourth-order valence-corrected chi connectivity index (χ4v) is 2.52. The van der Waals surface area contributed by atoms with Crippen LogP contribution in [0.25, 0.3) is 21.9 Å². The monoisotopic (exact) mass is 278 g/mol. The molecular weight excluding hydrogens is 268 g/mol. The first-order valence-electron chi connectivity index (χ1n) is 6.24. The zero-order chi connectivity index (χ0) is 14.1. The summed E-state index contributed by atoms with van der Waals surface area (Å²) in [7, 11) is 0. The van der Waals surface area contributed by atoms with Crippen molar-refractivity contribution in [2.45, 2.75) is 6.92 Å². The third-order valence-corrected chi connectivity index (χ3v) is 3.61. The van der Waals surface area contributed by atoms with E-state index in [1.807, 2.05) is 12.1 Å². The molecule has 0 unspecified atom stereocenters. The number of hydrogen-bond acceptors (Lipinski definition) is 2. The molecule has 96 valence electrons. The number of nitriles is 1. The number of halogens is 1. The van der Waals surface area contributed by atoms with Gasteiger partial charge in [-0.3, -0.25) is 0 Å². The van der Waals surface area contributed by atoms with Crippen LogP contribution in [0, 0.1) is 18.3 Å². The minimum atomic E-state index is 0.244. The van der Waals surface area contributed by atoms with E-state index in [9.17, 15) is 5.26 Å². The number of aromatic nitrogens is 1. The predicted octanol–water partition coefficient (Wildman–Crippen LogP) is 4.74. The first-order valence-corrected chi connectivity index (χ1v) is 6.62. The number of pyridine rings is 1. The van der Waals surface area contributed by atoms with Crippen molar-refractivity contribution in [2.24, 2.45) is 0 Å². The Labute approximate surface area is 122 Å². The highest BCUT2D eigenvalue weighted by atomic mass is 35.5. The molecule has 3 aromatic rings. The Balaban J connectivity index is 2.23. The number of rotatable bonds is 1. The SMILES string of the molecule is Cc1ccc2cc(-c3ccnc(Cl)c3C#N)ccc2c1. The molecule has 0 aliphatic rings. The minimum absolute atomic E-state index is 0.244. The van der Waals surface area contributed by atoms with Crippen LogP contribution in [0.5, 0.6) is 0 Å². The second-order valence-electron chi connectivity index (χ2n) is 4.70. The van der Waals surface area contributed by atoms with Crippen LogP contribution in [0.1, 0.15) is 11.1 Å². The Kier molecular flexibility index (Phi) is 3.14. The largest absolute Gasteiger partial charge is 0.243 e. The predicted molar refractivity (Wildman–Crippen MR) is 81.6 cm³/mol. The molecule has 0 radical (unpaired) electrons. The van der Waals surface area contributed by atoms with Gasteiger partial charge in [0.2, 0.25) is 0 Å². The summed E-state index contributed by atoms with van der Waals surface area (Å²) in [6, 6.07) is 16.4. The number of hydrogen-bond donors (Lipinski definition) is 0. The molecule has 0 fully saturated rings. The van der Waals surface area contributed by atoms with E-state index < -0.39 is 0 Å². The van der Waals surface area contributed by atoms with Gasteiger partial charge in [0.05, 0.1) is 5.56 Å². The first-order chi connectivity index (χ1) is 9.69. The van der Waals surface area contributed by atoms with Gasteiger partial charge in [-0.15, -0.1) is 0 Å². The molecule has 0 amide bonds. The summed E-state index contributed by atoms with van der Waals surface area (Å²) < 4.78 is 0. The van der Waals surface area contributed by atoms with E-state index >= 15 is 0 Å². The molecule has 0 bridgehead atoms. The van der Waals surface area contributed by atoms with Crippen LogP contribution in [0.4, 0.5) is 0 Å². The second kappa shape index (κ2) is 4.96. The Morgan fingerprint density at radius 2 is 1.80 bits per heavy atom. The molecule has 0 aliphatic heterocycles. The van der Waals surface area contributed by atoms with Crippen molar-refractivity contribution >= 4 is 22.4 Å². The molecular formula is C17H11ClN2. The first kappa shape index (κ1) is 12.7. The number of aryl methyl sites for hydroxylation is 1. The molecule has 0 atom stereocenters. The fourth-order valence-electron chi connectivity index (χ4n) is 2.32. The van der Waals surface area contributed by atoms with Crippen LogP contribution in [0.3, 0.4) is 0 Å². The van der Waals surface area contributed by atoms with E-state index in [1.165, 1.54) is 10.9 Å².